The monoisotopic (exact) mass is 468 g/mol. The number of aliphatic hydroxyl groups excluding tert-OH is 1. The van der Waals surface area contributed by atoms with E-state index < -0.39 is 34.2 Å². The van der Waals surface area contributed by atoms with Crippen molar-refractivity contribution in [2.75, 3.05) is 19.8 Å². The van der Waals surface area contributed by atoms with Gasteiger partial charge in [0.05, 0.1) is 19.8 Å². The highest BCUT2D eigenvalue weighted by atomic mass is 32.3. The number of carbonyl (C=O) groups is 1. The minimum Gasteiger partial charge on any atom is -0.394 e. The Morgan fingerprint density at radius 2 is 1.48 bits per heavy atom. The van der Waals surface area contributed by atoms with Gasteiger partial charge >= 0.3 is 22.2 Å². The minimum atomic E-state index is -4.67. The van der Waals surface area contributed by atoms with Gasteiger partial charge in [0.2, 0.25) is 5.78 Å². The van der Waals surface area contributed by atoms with Crippen molar-refractivity contribution in [3.05, 3.63) is 0 Å². The van der Waals surface area contributed by atoms with Gasteiger partial charge in [0.25, 0.3) is 0 Å². The fourth-order valence-corrected chi connectivity index (χ4v) is 4.59. The van der Waals surface area contributed by atoms with Crippen LogP contribution in [0.5, 0.6) is 0 Å². The van der Waals surface area contributed by atoms with E-state index in [1.54, 1.807) is 0 Å². The van der Waals surface area contributed by atoms with E-state index in [2.05, 4.69) is 15.3 Å². The second-order valence-corrected chi connectivity index (χ2v) is 9.10. The molecule has 1 atom stereocenters. The van der Waals surface area contributed by atoms with E-state index >= 15 is 0 Å². The molecule has 0 saturated carbocycles. The summed E-state index contributed by atoms with van der Waals surface area (Å²) in [5.41, 5.74) is 0. The van der Waals surface area contributed by atoms with E-state index in [9.17, 15) is 18.3 Å². The average Bonchev–Trinajstić information content (AvgIpc) is 2.92. The van der Waals surface area contributed by atoms with Crippen LogP contribution >= 0.6 is 0 Å². The fraction of sp³-hybridized carbons (Fsp3) is 0.950. The predicted octanol–water partition coefficient (Wildman–Crippen LogP) is 2.27. The predicted molar refractivity (Wildman–Crippen MR) is 109 cm³/mol. The van der Waals surface area contributed by atoms with Gasteiger partial charge in [-0.25, -0.2) is 0 Å². The highest BCUT2D eigenvalue weighted by molar-refractivity contribution is 7.82. The van der Waals surface area contributed by atoms with Crippen molar-refractivity contribution in [2.45, 2.75) is 102 Å². The molecule has 2 rings (SSSR count). The molecule has 0 aromatic carbocycles. The van der Waals surface area contributed by atoms with E-state index in [0.29, 0.717) is 6.42 Å². The lowest BCUT2D eigenvalue weighted by atomic mass is 10.0. The Morgan fingerprint density at radius 1 is 0.935 bits per heavy atom. The highest BCUT2D eigenvalue weighted by Crippen LogP contribution is 2.48. The first-order valence-corrected chi connectivity index (χ1v) is 12.6. The largest absolute Gasteiger partial charge is 0.408 e. The molecule has 2 saturated heterocycles. The van der Waals surface area contributed by atoms with Crippen LogP contribution in [0.15, 0.2) is 0 Å². The van der Waals surface area contributed by atoms with Gasteiger partial charge in [-0.05, 0) is 6.42 Å². The highest BCUT2D eigenvalue weighted by Gasteiger charge is 2.76. The van der Waals surface area contributed by atoms with Crippen molar-refractivity contribution in [1.82, 2.24) is 0 Å². The molecule has 2 fully saturated rings. The molecule has 0 aromatic rings. The van der Waals surface area contributed by atoms with Crippen LogP contribution in [-0.2, 0) is 37.8 Å². The SMILES string of the molecule is CCCCCCCCCCCCCC(=O)C1(O)OS(=O)(=O)OC12OC(COCCO)O2. The number of ether oxygens (including phenoxy) is 3. The third kappa shape index (κ3) is 7.43. The van der Waals surface area contributed by atoms with E-state index in [0.717, 1.165) is 25.7 Å². The Labute approximate surface area is 184 Å². The maximum Gasteiger partial charge on any atom is 0.408 e. The van der Waals surface area contributed by atoms with Crippen LogP contribution < -0.4 is 0 Å². The molecule has 0 aromatic heterocycles. The van der Waals surface area contributed by atoms with Gasteiger partial charge in [0.15, 0.2) is 6.29 Å². The lowest BCUT2D eigenvalue weighted by Crippen LogP contribution is -2.69. The second-order valence-electron chi connectivity index (χ2n) is 7.95. The lowest BCUT2D eigenvalue weighted by Gasteiger charge is -2.45. The van der Waals surface area contributed by atoms with Crippen LogP contribution in [-0.4, -0.2) is 62.3 Å². The Balaban J connectivity index is 1.68. The quantitative estimate of drug-likeness (QED) is 0.306. The number of rotatable bonds is 17. The van der Waals surface area contributed by atoms with E-state index in [1.807, 2.05) is 0 Å². The number of carbonyl (C=O) groups excluding carboxylic acids is 1. The molecule has 182 valence electrons. The molecule has 0 aliphatic carbocycles. The van der Waals surface area contributed by atoms with Gasteiger partial charge in [-0.3, -0.25) is 14.3 Å². The van der Waals surface area contributed by atoms with Gasteiger partial charge in [-0.1, -0.05) is 71.1 Å². The smallest absolute Gasteiger partial charge is 0.394 e. The van der Waals surface area contributed by atoms with Gasteiger partial charge in [0.1, 0.15) is 0 Å². The van der Waals surface area contributed by atoms with E-state index in [1.165, 1.54) is 38.5 Å². The van der Waals surface area contributed by atoms with Gasteiger partial charge in [-0.15, -0.1) is 0 Å². The van der Waals surface area contributed by atoms with Crippen molar-refractivity contribution in [2.24, 2.45) is 0 Å². The topological polar surface area (TPSA) is 138 Å². The fourth-order valence-electron chi connectivity index (χ4n) is 3.61. The molecule has 1 spiro atoms. The number of hydrogen-bond acceptors (Lipinski definition) is 10. The molecule has 0 radical (unpaired) electrons. The van der Waals surface area contributed by atoms with Gasteiger partial charge < -0.3 is 14.9 Å². The summed E-state index contributed by atoms with van der Waals surface area (Å²) >= 11 is 0. The molecule has 10 nitrogen and oxygen atoms in total. The summed E-state index contributed by atoms with van der Waals surface area (Å²) in [7, 11) is -4.67. The van der Waals surface area contributed by atoms with Crippen molar-refractivity contribution < 1.29 is 46.0 Å². The van der Waals surface area contributed by atoms with Crippen molar-refractivity contribution in [3.63, 3.8) is 0 Å². The van der Waals surface area contributed by atoms with Crippen LogP contribution in [0.2, 0.25) is 0 Å². The molecule has 2 heterocycles. The number of ketones is 1. The zero-order valence-corrected chi connectivity index (χ0v) is 19.1. The summed E-state index contributed by atoms with van der Waals surface area (Å²) in [6, 6.07) is 0. The van der Waals surface area contributed by atoms with E-state index in [4.69, 9.17) is 19.3 Å². The molecule has 0 amide bonds. The zero-order chi connectivity index (χ0) is 22.8. The molecule has 1 unspecified atom stereocenters. The Bertz CT molecular complexity index is 646. The molecule has 0 bridgehead atoms. The first-order valence-electron chi connectivity index (χ1n) is 11.2. The first-order chi connectivity index (χ1) is 14.8. The summed E-state index contributed by atoms with van der Waals surface area (Å²) in [6.07, 6.45) is 10.9. The van der Waals surface area contributed by atoms with Gasteiger partial charge in [-0.2, -0.15) is 16.8 Å². The van der Waals surface area contributed by atoms with Gasteiger partial charge in [0, 0.05) is 6.42 Å². The maximum atomic E-state index is 12.5. The molecular formula is C20H36O10S. The standard InChI is InChI=1S/C20H36O10S/c1-2-3-4-5-6-7-8-9-10-11-12-13-17(22)19(23)20(30-31(24,25)29-19)27-18(28-20)16-26-15-14-21/h18,21,23H,2-16H2,1H3. The number of unbranched alkanes of at least 4 members (excludes halogenated alkanes) is 10. The molecule has 2 aliphatic heterocycles. The number of Topliss-reactive ketones (excluding diaryl/α,β-unsaturated/α-hetero) is 1. The Hall–Kier alpha value is -0.660. The summed E-state index contributed by atoms with van der Waals surface area (Å²) in [4.78, 5) is 12.5. The zero-order valence-electron chi connectivity index (χ0n) is 18.3. The van der Waals surface area contributed by atoms with Crippen LogP contribution in [0.1, 0.15) is 84.0 Å². The lowest BCUT2D eigenvalue weighted by molar-refractivity contribution is -0.559. The molecular weight excluding hydrogens is 432 g/mol. The van der Waals surface area contributed by atoms with Crippen molar-refractivity contribution in [1.29, 1.82) is 0 Å². The maximum absolute atomic E-state index is 12.5. The summed E-state index contributed by atoms with van der Waals surface area (Å²) in [6.45, 7) is 1.86. The molecule has 31 heavy (non-hydrogen) atoms. The van der Waals surface area contributed by atoms with Crippen molar-refractivity contribution >= 4 is 16.2 Å². The Kier molecular flexibility index (Phi) is 10.8. The summed E-state index contributed by atoms with van der Waals surface area (Å²) < 4.78 is 47.9. The molecule has 2 aliphatic rings. The summed E-state index contributed by atoms with van der Waals surface area (Å²) in [5.74, 6) is -6.36. The number of hydrogen-bond donors (Lipinski definition) is 2. The van der Waals surface area contributed by atoms with Crippen LogP contribution in [0.3, 0.4) is 0 Å². The normalized spacial score (nSPS) is 29.3. The average molecular weight is 469 g/mol. The van der Waals surface area contributed by atoms with Crippen molar-refractivity contribution in [3.8, 4) is 0 Å². The molecule has 2 N–H and O–H groups in total. The third-order valence-corrected chi connectivity index (χ3v) is 6.17. The minimum absolute atomic E-state index is 0.0218. The second kappa shape index (κ2) is 12.5. The Morgan fingerprint density at radius 3 is 2.03 bits per heavy atom. The molecule has 11 heteroatoms. The first kappa shape index (κ1) is 26.6. The third-order valence-electron chi connectivity index (χ3n) is 5.30. The van der Waals surface area contributed by atoms with Crippen LogP contribution in [0.4, 0.5) is 0 Å². The summed E-state index contributed by atoms with van der Waals surface area (Å²) in [5, 5.41) is 19.3. The van der Waals surface area contributed by atoms with E-state index in [-0.39, 0.29) is 26.2 Å². The van der Waals surface area contributed by atoms with Crippen LogP contribution in [0, 0.1) is 0 Å². The van der Waals surface area contributed by atoms with Crippen LogP contribution in [0.25, 0.3) is 0 Å². The number of aliphatic hydroxyl groups is 2.